The van der Waals surface area contributed by atoms with Crippen molar-refractivity contribution < 1.29 is 23.5 Å². The maximum absolute atomic E-state index is 15.6. The number of likely N-dealkylation sites (tertiary alicyclic amines) is 1. The second-order valence-corrected chi connectivity index (χ2v) is 10.4. The van der Waals surface area contributed by atoms with E-state index in [4.69, 9.17) is 4.74 Å². The minimum Gasteiger partial charge on any atom is -0.486 e. The molecule has 2 saturated heterocycles. The van der Waals surface area contributed by atoms with Crippen molar-refractivity contribution in [1.82, 2.24) is 15.1 Å². The van der Waals surface area contributed by atoms with Crippen molar-refractivity contribution in [2.24, 2.45) is 0 Å². The van der Waals surface area contributed by atoms with Crippen LogP contribution in [0.25, 0.3) is 0 Å². The number of nitrogens with zero attached hydrogens (tertiary/aromatic N) is 2. The maximum atomic E-state index is 15.6. The Labute approximate surface area is 209 Å². The van der Waals surface area contributed by atoms with E-state index in [2.05, 4.69) is 34.5 Å². The Morgan fingerprint density at radius 1 is 0.944 bits per heavy atom. The SMILES string of the molecule is O=C1CC[C@@H](N2Cc3c(ccc(O[C@@H]4CCCC[C@H]4N4CC(c5ccccc5)C4)c3F)C2=O)C(=O)N1. The molecule has 7 nitrogen and oxygen atoms in total. The fourth-order valence-corrected chi connectivity index (χ4v) is 6.19. The van der Waals surface area contributed by atoms with Gasteiger partial charge < -0.3 is 9.64 Å². The summed E-state index contributed by atoms with van der Waals surface area (Å²) in [5.74, 6) is -1.06. The van der Waals surface area contributed by atoms with E-state index in [1.807, 2.05) is 6.07 Å². The Morgan fingerprint density at radius 2 is 1.72 bits per heavy atom. The van der Waals surface area contributed by atoms with Crippen LogP contribution in [0.4, 0.5) is 4.39 Å². The van der Waals surface area contributed by atoms with Gasteiger partial charge in [0.1, 0.15) is 12.1 Å². The quantitative estimate of drug-likeness (QED) is 0.649. The van der Waals surface area contributed by atoms with E-state index in [0.717, 1.165) is 38.8 Å². The lowest BCUT2D eigenvalue weighted by molar-refractivity contribution is -0.136. The molecule has 3 amide bonds. The van der Waals surface area contributed by atoms with Gasteiger partial charge in [0.05, 0.1) is 6.54 Å². The van der Waals surface area contributed by atoms with Crippen LogP contribution >= 0.6 is 0 Å². The molecule has 0 unspecified atom stereocenters. The Kier molecular flexibility index (Phi) is 5.99. The van der Waals surface area contributed by atoms with Crippen LogP contribution < -0.4 is 10.1 Å². The maximum Gasteiger partial charge on any atom is 0.255 e. The van der Waals surface area contributed by atoms with Crippen molar-refractivity contribution in [1.29, 1.82) is 0 Å². The number of fused-ring (bicyclic) bond motifs is 1. The van der Waals surface area contributed by atoms with Gasteiger partial charge in [-0.3, -0.25) is 24.6 Å². The molecule has 1 N–H and O–H groups in total. The van der Waals surface area contributed by atoms with E-state index in [1.165, 1.54) is 10.5 Å². The van der Waals surface area contributed by atoms with Crippen molar-refractivity contribution in [3.8, 4) is 5.75 Å². The van der Waals surface area contributed by atoms with Crippen LogP contribution in [-0.2, 0) is 16.1 Å². The number of rotatable bonds is 5. The van der Waals surface area contributed by atoms with E-state index >= 15 is 4.39 Å². The number of nitrogens with one attached hydrogen (secondary N) is 1. The first-order valence-electron chi connectivity index (χ1n) is 12.9. The van der Waals surface area contributed by atoms with Crippen LogP contribution in [-0.4, -0.2) is 58.8 Å². The third-order valence-corrected chi connectivity index (χ3v) is 8.21. The number of carbonyl (C=O) groups is 3. The normalized spacial score (nSPS) is 27.0. The topological polar surface area (TPSA) is 79.0 Å². The van der Waals surface area contributed by atoms with E-state index in [-0.39, 0.29) is 60.2 Å². The molecule has 2 aromatic rings. The van der Waals surface area contributed by atoms with Gasteiger partial charge in [0.25, 0.3) is 5.91 Å². The van der Waals surface area contributed by atoms with Gasteiger partial charge in [-0.1, -0.05) is 36.8 Å². The van der Waals surface area contributed by atoms with Crippen LogP contribution in [0.1, 0.15) is 65.9 Å². The smallest absolute Gasteiger partial charge is 0.255 e. The van der Waals surface area contributed by atoms with Gasteiger partial charge in [-0.15, -0.1) is 0 Å². The molecule has 0 aromatic heterocycles. The number of ether oxygens (including phenoxy) is 1. The van der Waals surface area contributed by atoms with Crippen LogP contribution in [0.3, 0.4) is 0 Å². The summed E-state index contributed by atoms with van der Waals surface area (Å²) in [6.45, 7) is 1.97. The molecule has 8 heteroatoms. The predicted molar refractivity (Wildman–Crippen MR) is 130 cm³/mol. The monoisotopic (exact) mass is 491 g/mol. The molecule has 1 aliphatic carbocycles. The summed E-state index contributed by atoms with van der Waals surface area (Å²) < 4.78 is 21.9. The number of piperidine rings is 1. The second kappa shape index (κ2) is 9.32. The summed E-state index contributed by atoms with van der Waals surface area (Å²) in [5.41, 5.74) is 1.89. The van der Waals surface area contributed by atoms with Crippen LogP contribution in [0.5, 0.6) is 5.75 Å². The average molecular weight is 492 g/mol. The number of hydrogen-bond acceptors (Lipinski definition) is 5. The van der Waals surface area contributed by atoms with Gasteiger partial charge in [0, 0.05) is 42.6 Å². The summed E-state index contributed by atoms with van der Waals surface area (Å²) in [6, 6.07) is 13.2. The van der Waals surface area contributed by atoms with Crippen LogP contribution in [0, 0.1) is 5.82 Å². The predicted octanol–water partition coefficient (Wildman–Crippen LogP) is 3.38. The third-order valence-electron chi connectivity index (χ3n) is 8.21. The molecule has 0 radical (unpaired) electrons. The molecule has 2 aromatic carbocycles. The van der Waals surface area contributed by atoms with Crippen molar-refractivity contribution in [3.05, 3.63) is 65.0 Å². The zero-order chi connectivity index (χ0) is 24.8. The molecule has 4 aliphatic rings. The summed E-state index contributed by atoms with van der Waals surface area (Å²) >= 11 is 0. The fourth-order valence-electron chi connectivity index (χ4n) is 6.19. The third kappa shape index (κ3) is 4.07. The summed E-state index contributed by atoms with van der Waals surface area (Å²) in [5, 5.41) is 2.28. The first-order chi connectivity index (χ1) is 17.5. The Hall–Kier alpha value is -3.26. The summed E-state index contributed by atoms with van der Waals surface area (Å²) in [6.07, 6.45) is 4.39. The van der Waals surface area contributed by atoms with E-state index in [1.54, 1.807) is 12.1 Å². The molecular formula is C28H30FN3O4. The highest BCUT2D eigenvalue weighted by Crippen LogP contribution is 2.38. The van der Waals surface area contributed by atoms with E-state index in [9.17, 15) is 14.4 Å². The molecule has 3 atom stereocenters. The number of amides is 3. The highest BCUT2D eigenvalue weighted by Gasteiger charge is 2.42. The number of imide groups is 1. The Balaban J connectivity index is 1.16. The zero-order valence-electron chi connectivity index (χ0n) is 20.1. The number of benzene rings is 2. The van der Waals surface area contributed by atoms with Crippen molar-refractivity contribution in [2.75, 3.05) is 13.1 Å². The standard InChI is InChI=1S/C28H30FN3O4/c29-26-20-16-32(22-11-13-25(33)30-27(22)34)28(35)19(20)10-12-24(26)36-23-9-5-4-8-21(23)31-14-18(15-31)17-6-2-1-3-7-17/h1-3,6-7,10,12,18,21-23H,4-5,8-9,11,13-16H2,(H,30,33,34)/t21-,22-,23-/m1/s1. The van der Waals surface area contributed by atoms with Gasteiger partial charge >= 0.3 is 0 Å². The Morgan fingerprint density at radius 3 is 2.50 bits per heavy atom. The highest BCUT2D eigenvalue weighted by atomic mass is 19.1. The number of halogens is 1. The number of carbonyl (C=O) groups excluding carboxylic acids is 3. The van der Waals surface area contributed by atoms with E-state index < -0.39 is 17.8 Å². The minimum atomic E-state index is -0.766. The summed E-state index contributed by atoms with van der Waals surface area (Å²) in [7, 11) is 0. The lowest BCUT2D eigenvalue weighted by Crippen LogP contribution is -2.57. The first-order valence-corrected chi connectivity index (χ1v) is 12.9. The lowest BCUT2D eigenvalue weighted by atomic mass is 9.84. The van der Waals surface area contributed by atoms with Crippen LogP contribution in [0.2, 0.25) is 0 Å². The molecule has 0 spiro atoms. The number of hydrogen-bond donors (Lipinski definition) is 1. The molecule has 6 rings (SSSR count). The van der Waals surface area contributed by atoms with Gasteiger partial charge in [0.2, 0.25) is 11.8 Å². The van der Waals surface area contributed by atoms with Gasteiger partial charge in [-0.05, 0) is 43.4 Å². The van der Waals surface area contributed by atoms with Crippen molar-refractivity contribution >= 4 is 17.7 Å². The van der Waals surface area contributed by atoms with Gasteiger partial charge in [-0.25, -0.2) is 4.39 Å². The van der Waals surface area contributed by atoms with Crippen molar-refractivity contribution in [2.45, 2.75) is 69.2 Å². The van der Waals surface area contributed by atoms with Gasteiger partial charge in [0.15, 0.2) is 11.6 Å². The van der Waals surface area contributed by atoms with Gasteiger partial charge in [-0.2, -0.15) is 0 Å². The molecular weight excluding hydrogens is 461 g/mol. The molecule has 3 heterocycles. The zero-order valence-corrected chi connectivity index (χ0v) is 20.1. The van der Waals surface area contributed by atoms with Crippen LogP contribution in [0.15, 0.2) is 42.5 Å². The minimum absolute atomic E-state index is 0.00243. The van der Waals surface area contributed by atoms with E-state index in [0.29, 0.717) is 5.92 Å². The highest BCUT2D eigenvalue weighted by molar-refractivity contribution is 6.05. The van der Waals surface area contributed by atoms with Crippen molar-refractivity contribution in [3.63, 3.8) is 0 Å². The fraction of sp³-hybridized carbons (Fsp3) is 0.464. The molecule has 3 aliphatic heterocycles. The molecule has 3 fully saturated rings. The molecule has 188 valence electrons. The average Bonchev–Trinajstić information content (AvgIpc) is 3.18. The largest absolute Gasteiger partial charge is 0.486 e. The molecule has 0 bridgehead atoms. The Bertz CT molecular complexity index is 1200. The summed E-state index contributed by atoms with van der Waals surface area (Å²) in [4.78, 5) is 40.6. The second-order valence-electron chi connectivity index (χ2n) is 10.4. The lowest BCUT2D eigenvalue weighted by Gasteiger charge is -2.48. The molecule has 36 heavy (non-hydrogen) atoms. The molecule has 1 saturated carbocycles. The first kappa shape index (κ1) is 23.2.